The van der Waals surface area contributed by atoms with Crippen molar-refractivity contribution in [2.75, 3.05) is 11.6 Å². The Morgan fingerprint density at radius 2 is 2.35 bits per heavy atom. The van der Waals surface area contributed by atoms with Crippen molar-refractivity contribution in [2.24, 2.45) is 7.05 Å². The van der Waals surface area contributed by atoms with Gasteiger partial charge in [-0.3, -0.25) is 10.1 Å². The lowest BCUT2D eigenvalue weighted by Gasteiger charge is -2.10. The topological polar surface area (TPSA) is 46.1 Å². The third-order valence-electron chi connectivity index (χ3n) is 3.85. The first-order chi connectivity index (χ1) is 9.65. The van der Waals surface area contributed by atoms with Crippen molar-refractivity contribution in [3.05, 3.63) is 35.5 Å². The fourth-order valence-corrected chi connectivity index (χ4v) is 3.46. The molecule has 3 rings (SSSR count). The van der Waals surface area contributed by atoms with Gasteiger partial charge < -0.3 is 9.88 Å². The lowest BCUT2D eigenvalue weighted by Crippen LogP contribution is -2.41. The Labute approximate surface area is 122 Å². The van der Waals surface area contributed by atoms with Crippen molar-refractivity contribution in [3.8, 4) is 0 Å². The van der Waals surface area contributed by atoms with Crippen LogP contribution >= 0.6 is 11.8 Å². The van der Waals surface area contributed by atoms with Crippen LogP contribution in [0.15, 0.2) is 24.3 Å². The normalized spacial score (nSPS) is 18.6. The Hall–Kier alpha value is -1.46. The van der Waals surface area contributed by atoms with Crippen LogP contribution in [-0.4, -0.2) is 28.1 Å². The molecule has 1 atom stereocenters. The molecule has 5 heteroatoms. The van der Waals surface area contributed by atoms with E-state index in [0.29, 0.717) is 6.54 Å². The van der Waals surface area contributed by atoms with Gasteiger partial charge in [-0.1, -0.05) is 6.07 Å². The molecule has 2 N–H and O–H groups in total. The Bertz CT molecular complexity index is 644. The number of rotatable bonds is 3. The molecule has 1 amide bonds. The standard InChI is InChI=1S/C15H19N3OS/c1-10-5-12-6-11(3-4-14(12)18(10)2)7-16-15(19)13-8-20-9-17-13/h3-6,13,17H,7-9H2,1-2H3,(H,16,19). The SMILES string of the molecule is Cc1cc2cc(CNC(=O)C3CSCN3)ccc2n1C. The largest absolute Gasteiger partial charge is 0.351 e. The van der Waals surface area contributed by atoms with Crippen LogP contribution in [0.2, 0.25) is 0 Å². The summed E-state index contributed by atoms with van der Waals surface area (Å²) in [7, 11) is 2.07. The maximum absolute atomic E-state index is 11.9. The van der Waals surface area contributed by atoms with E-state index in [9.17, 15) is 4.79 Å². The summed E-state index contributed by atoms with van der Waals surface area (Å²) in [4.78, 5) is 11.9. The van der Waals surface area contributed by atoms with Crippen LogP contribution in [0.25, 0.3) is 10.9 Å². The minimum Gasteiger partial charge on any atom is -0.351 e. The summed E-state index contributed by atoms with van der Waals surface area (Å²) in [5.41, 5.74) is 3.61. The van der Waals surface area contributed by atoms with Crippen LogP contribution in [-0.2, 0) is 18.4 Å². The third-order valence-corrected chi connectivity index (χ3v) is 4.79. The zero-order chi connectivity index (χ0) is 14.1. The molecule has 0 spiro atoms. The molecule has 2 aromatic rings. The van der Waals surface area contributed by atoms with E-state index in [1.54, 1.807) is 11.8 Å². The molecule has 2 heterocycles. The average molecular weight is 289 g/mol. The summed E-state index contributed by atoms with van der Waals surface area (Å²) in [5.74, 6) is 1.83. The van der Waals surface area contributed by atoms with Gasteiger partial charge in [0.15, 0.2) is 0 Å². The molecule has 4 nitrogen and oxygen atoms in total. The number of carbonyl (C=O) groups is 1. The average Bonchev–Trinajstić information content (AvgIpc) is 3.06. The van der Waals surface area contributed by atoms with E-state index in [0.717, 1.165) is 17.2 Å². The zero-order valence-electron chi connectivity index (χ0n) is 11.8. The molecule has 1 unspecified atom stereocenters. The molecule has 0 aliphatic carbocycles. The summed E-state index contributed by atoms with van der Waals surface area (Å²) in [5, 5.41) is 7.41. The summed E-state index contributed by atoms with van der Waals surface area (Å²) in [6.07, 6.45) is 0. The highest BCUT2D eigenvalue weighted by Gasteiger charge is 2.21. The van der Waals surface area contributed by atoms with Gasteiger partial charge in [0, 0.05) is 41.8 Å². The van der Waals surface area contributed by atoms with E-state index in [1.807, 2.05) is 0 Å². The summed E-state index contributed by atoms with van der Waals surface area (Å²) < 4.78 is 2.18. The zero-order valence-corrected chi connectivity index (χ0v) is 12.6. The van der Waals surface area contributed by atoms with Gasteiger partial charge in [0.05, 0.1) is 6.04 Å². The second kappa shape index (κ2) is 5.50. The molecular formula is C15H19N3OS. The predicted molar refractivity (Wildman–Crippen MR) is 83.8 cm³/mol. The van der Waals surface area contributed by atoms with E-state index in [-0.39, 0.29) is 11.9 Å². The highest BCUT2D eigenvalue weighted by molar-refractivity contribution is 7.99. The minimum absolute atomic E-state index is 0.0392. The van der Waals surface area contributed by atoms with E-state index in [1.165, 1.54) is 16.6 Å². The smallest absolute Gasteiger partial charge is 0.238 e. The predicted octanol–water partition coefficient (Wildman–Crippen LogP) is 1.77. The molecule has 1 fully saturated rings. The van der Waals surface area contributed by atoms with Crippen molar-refractivity contribution in [1.82, 2.24) is 15.2 Å². The number of hydrogen-bond acceptors (Lipinski definition) is 3. The molecule has 1 saturated heterocycles. The van der Waals surface area contributed by atoms with Crippen molar-refractivity contribution in [1.29, 1.82) is 0 Å². The number of fused-ring (bicyclic) bond motifs is 1. The second-order valence-corrected chi connectivity index (χ2v) is 6.26. The lowest BCUT2D eigenvalue weighted by molar-refractivity contribution is -0.122. The van der Waals surface area contributed by atoms with Crippen molar-refractivity contribution >= 4 is 28.6 Å². The third kappa shape index (κ3) is 2.55. The van der Waals surface area contributed by atoms with Crippen LogP contribution in [0.1, 0.15) is 11.3 Å². The molecule has 1 aliphatic rings. The number of nitrogens with one attached hydrogen (secondary N) is 2. The fourth-order valence-electron chi connectivity index (χ4n) is 2.52. The number of carbonyl (C=O) groups excluding carboxylic acids is 1. The van der Waals surface area contributed by atoms with Crippen molar-refractivity contribution in [3.63, 3.8) is 0 Å². The first kappa shape index (κ1) is 13.5. The molecular weight excluding hydrogens is 270 g/mol. The Morgan fingerprint density at radius 1 is 1.50 bits per heavy atom. The molecule has 1 aliphatic heterocycles. The van der Waals surface area contributed by atoms with E-state index in [4.69, 9.17) is 0 Å². The number of benzene rings is 1. The monoisotopic (exact) mass is 289 g/mol. The molecule has 20 heavy (non-hydrogen) atoms. The first-order valence-corrected chi connectivity index (χ1v) is 7.94. The number of aromatic nitrogens is 1. The van der Waals surface area contributed by atoms with Gasteiger partial charge in [-0.15, -0.1) is 11.8 Å². The maximum Gasteiger partial charge on any atom is 0.238 e. The quantitative estimate of drug-likeness (QED) is 0.905. The van der Waals surface area contributed by atoms with E-state index >= 15 is 0 Å². The highest BCUT2D eigenvalue weighted by atomic mass is 32.2. The number of amides is 1. The van der Waals surface area contributed by atoms with Gasteiger partial charge in [0.2, 0.25) is 5.91 Å². The van der Waals surface area contributed by atoms with Gasteiger partial charge in [-0.05, 0) is 30.7 Å². The fraction of sp³-hybridized carbons (Fsp3) is 0.400. The van der Waals surface area contributed by atoms with E-state index < -0.39 is 0 Å². The Kier molecular flexibility index (Phi) is 3.72. The van der Waals surface area contributed by atoms with Crippen LogP contribution in [0, 0.1) is 6.92 Å². The first-order valence-electron chi connectivity index (χ1n) is 6.79. The van der Waals surface area contributed by atoms with Crippen molar-refractivity contribution < 1.29 is 4.79 Å². The minimum atomic E-state index is -0.0392. The maximum atomic E-state index is 11.9. The second-order valence-electron chi connectivity index (χ2n) is 5.23. The van der Waals surface area contributed by atoms with Gasteiger partial charge >= 0.3 is 0 Å². The Balaban J connectivity index is 1.69. The van der Waals surface area contributed by atoms with Gasteiger partial charge in [0.25, 0.3) is 0 Å². The van der Waals surface area contributed by atoms with Gasteiger partial charge in [-0.2, -0.15) is 0 Å². The molecule has 1 aromatic carbocycles. The molecule has 106 valence electrons. The number of aryl methyl sites for hydroxylation is 2. The van der Waals surface area contributed by atoms with Crippen LogP contribution in [0.3, 0.4) is 0 Å². The number of nitrogens with zero attached hydrogens (tertiary/aromatic N) is 1. The number of hydrogen-bond donors (Lipinski definition) is 2. The summed E-state index contributed by atoms with van der Waals surface area (Å²) >= 11 is 1.76. The highest BCUT2D eigenvalue weighted by Crippen LogP contribution is 2.19. The van der Waals surface area contributed by atoms with Crippen LogP contribution < -0.4 is 10.6 Å². The van der Waals surface area contributed by atoms with Crippen LogP contribution in [0.4, 0.5) is 0 Å². The number of thioether (sulfide) groups is 1. The van der Waals surface area contributed by atoms with Crippen LogP contribution in [0.5, 0.6) is 0 Å². The summed E-state index contributed by atoms with van der Waals surface area (Å²) in [6, 6.07) is 8.49. The van der Waals surface area contributed by atoms with Gasteiger partial charge in [0.1, 0.15) is 0 Å². The molecule has 0 radical (unpaired) electrons. The van der Waals surface area contributed by atoms with Gasteiger partial charge in [-0.25, -0.2) is 0 Å². The lowest BCUT2D eigenvalue weighted by atomic mass is 10.1. The molecule has 0 bridgehead atoms. The molecule has 0 saturated carbocycles. The van der Waals surface area contributed by atoms with Crippen molar-refractivity contribution in [2.45, 2.75) is 19.5 Å². The molecule has 1 aromatic heterocycles. The Morgan fingerprint density at radius 3 is 3.10 bits per heavy atom. The summed E-state index contributed by atoms with van der Waals surface area (Å²) in [6.45, 7) is 2.69. The van der Waals surface area contributed by atoms with E-state index in [2.05, 4.69) is 53.4 Å².